The van der Waals surface area contributed by atoms with E-state index in [1.54, 1.807) is 17.0 Å². The standard InChI is InChI=1S/C19H28FN3O2/c1-13(21-18(25)22-19(2,3)4)14-8-7-11-23(12-14)17(24)15-9-5-6-10-16(15)20/h5-6,9-10,13-14H,7-8,11-12H2,1-4H3,(H2,21,22,25)/t13-,14-/m0/s1. The van der Waals surface area contributed by atoms with Crippen LogP contribution in [0.3, 0.4) is 0 Å². The Kier molecular flexibility index (Phi) is 6.03. The number of halogens is 1. The second-order valence-corrected chi connectivity index (χ2v) is 7.77. The highest BCUT2D eigenvalue weighted by atomic mass is 19.1. The lowest BCUT2D eigenvalue weighted by atomic mass is 9.91. The van der Waals surface area contributed by atoms with Crippen LogP contribution in [0.2, 0.25) is 0 Å². The SMILES string of the molecule is C[C@H](NC(=O)NC(C)(C)C)[C@H]1CCCN(C(=O)c2ccccc2F)C1. The molecule has 2 atom stereocenters. The summed E-state index contributed by atoms with van der Waals surface area (Å²) in [6.07, 6.45) is 1.77. The first-order chi connectivity index (χ1) is 11.7. The van der Waals surface area contributed by atoms with Gasteiger partial charge in [-0.15, -0.1) is 0 Å². The highest BCUT2D eigenvalue weighted by molar-refractivity contribution is 5.94. The molecule has 6 heteroatoms. The van der Waals surface area contributed by atoms with E-state index in [1.807, 2.05) is 27.7 Å². The Morgan fingerprint density at radius 1 is 1.28 bits per heavy atom. The van der Waals surface area contributed by atoms with Crippen LogP contribution < -0.4 is 10.6 Å². The Bertz CT molecular complexity index is 627. The van der Waals surface area contributed by atoms with Crippen molar-refractivity contribution in [2.45, 2.75) is 52.1 Å². The first-order valence-corrected chi connectivity index (χ1v) is 8.80. The Labute approximate surface area is 149 Å². The lowest BCUT2D eigenvalue weighted by molar-refractivity contribution is 0.0649. The van der Waals surface area contributed by atoms with Crippen LogP contribution in [-0.4, -0.2) is 41.5 Å². The van der Waals surface area contributed by atoms with Crippen LogP contribution in [0.4, 0.5) is 9.18 Å². The number of amides is 3. The van der Waals surface area contributed by atoms with Gasteiger partial charge >= 0.3 is 6.03 Å². The first kappa shape index (κ1) is 19.2. The number of piperidine rings is 1. The number of urea groups is 1. The molecule has 0 radical (unpaired) electrons. The van der Waals surface area contributed by atoms with Gasteiger partial charge in [-0.25, -0.2) is 9.18 Å². The van der Waals surface area contributed by atoms with Crippen molar-refractivity contribution in [3.8, 4) is 0 Å². The smallest absolute Gasteiger partial charge is 0.315 e. The average molecular weight is 349 g/mol. The second kappa shape index (κ2) is 7.85. The highest BCUT2D eigenvalue weighted by Crippen LogP contribution is 2.22. The molecule has 2 N–H and O–H groups in total. The summed E-state index contributed by atoms with van der Waals surface area (Å²) in [5.41, 5.74) is -0.197. The van der Waals surface area contributed by atoms with Gasteiger partial charge in [-0.3, -0.25) is 4.79 Å². The second-order valence-electron chi connectivity index (χ2n) is 7.77. The number of nitrogens with one attached hydrogen (secondary N) is 2. The maximum atomic E-state index is 13.9. The minimum Gasteiger partial charge on any atom is -0.338 e. The summed E-state index contributed by atoms with van der Waals surface area (Å²) in [6.45, 7) is 8.85. The van der Waals surface area contributed by atoms with Crippen LogP contribution in [-0.2, 0) is 0 Å². The van der Waals surface area contributed by atoms with Crippen molar-refractivity contribution in [3.63, 3.8) is 0 Å². The molecule has 138 valence electrons. The Balaban J connectivity index is 1.97. The van der Waals surface area contributed by atoms with E-state index in [4.69, 9.17) is 0 Å². The number of likely N-dealkylation sites (tertiary alicyclic amines) is 1. The van der Waals surface area contributed by atoms with Gasteiger partial charge in [-0.05, 0) is 58.6 Å². The quantitative estimate of drug-likeness (QED) is 0.880. The molecule has 0 spiro atoms. The molecule has 1 heterocycles. The highest BCUT2D eigenvalue weighted by Gasteiger charge is 2.30. The number of carbonyl (C=O) groups is 2. The third kappa shape index (κ3) is 5.44. The minimum atomic E-state index is -0.495. The largest absolute Gasteiger partial charge is 0.338 e. The fourth-order valence-corrected chi connectivity index (χ4v) is 3.11. The van der Waals surface area contributed by atoms with Gasteiger partial charge in [0, 0.05) is 24.7 Å². The van der Waals surface area contributed by atoms with Gasteiger partial charge in [0.1, 0.15) is 5.82 Å². The van der Waals surface area contributed by atoms with E-state index in [2.05, 4.69) is 10.6 Å². The normalized spacial score (nSPS) is 19.2. The van der Waals surface area contributed by atoms with Crippen LogP contribution in [0.15, 0.2) is 24.3 Å². The van der Waals surface area contributed by atoms with Crippen LogP contribution in [0.1, 0.15) is 50.9 Å². The third-order valence-electron chi connectivity index (χ3n) is 4.40. The van der Waals surface area contributed by atoms with Gasteiger partial charge in [-0.1, -0.05) is 12.1 Å². The maximum Gasteiger partial charge on any atom is 0.315 e. The van der Waals surface area contributed by atoms with Gasteiger partial charge in [-0.2, -0.15) is 0 Å². The molecule has 5 nitrogen and oxygen atoms in total. The van der Waals surface area contributed by atoms with E-state index in [1.165, 1.54) is 12.1 Å². The van der Waals surface area contributed by atoms with Gasteiger partial charge in [0.15, 0.2) is 0 Å². The van der Waals surface area contributed by atoms with Crippen LogP contribution in [0.25, 0.3) is 0 Å². The average Bonchev–Trinajstić information content (AvgIpc) is 2.53. The van der Waals surface area contributed by atoms with Gasteiger partial charge < -0.3 is 15.5 Å². The summed E-state index contributed by atoms with van der Waals surface area (Å²) in [6, 6.07) is 5.77. The molecule has 0 saturated carbocycles. The van der Waals surface area contributed by atoms with E-state index in [-0.39, 0.29) is 35.0 Å². The lowest BCUT2D eigenvalue weighted by Gasteiger charge is -2.36. The fourth-order valence-electron chi connectivity index (χ4n) is 3.11. The zero-order valence-electron chi connectivity index (χ0n) is 15.4. The summed E-state index contributed by atoms with van der Waals surface area (Å²) in [4.78, 5) is 26.3. The molecule has 1 aliphatic heterocycles. The molecule has 1 aliphatic rings. The van der Waals surface area contributed by atoms with Crippen molar-refractivity contribution in [2.75, 3.05) is 13.1 Å². The Morgan fingerprint density at radius 2 is 1.96 bits per heavy atom. The number of carbonyl (C=O) groups excluding carboxylic acids is 2. The van der Waals surface area contributed by atoms with E-state index in [0.29, 0.717) is 13.1 Å². The number of hydrogen-bond acceptors (Lipinski definition) is 2. The molecule has 3 amide bonds. The predicted octanol–water partition coefficient (Wildman–Crippen LogP) is 3.16. The molecule has 1 aromatic carbocycles. The van der Waals surface area contributed by atoms with Crippen molar-refractivity contribution < 1.29 is 14.0 Å². The zero-order valence-corrected chi connectivity index (χ0v) is 15.4. The summed E-state index contributed by atoms with van der Waals surface area (Å²) in [5.74, 6) is -0.630. The molecule has 1 aromatic rings. The minimum absolute atomic E-state index is 0.0708. The third-order valence-corrected chi connectivity index (χ3v) is 4.40. The van der Waals surface area contributed by atoms with E-state index < -0.39 is 5.82 Å². The van der Waals surface area contributed by atoms with Gasteiger partial charge in [0.05, 0.1) is 5.56 Å². The molecule has 0 unspecified atom stereocenters. The van der Waals surface area contributed by atoms with Crippen LogP contribution in [0, 0.1) is 11.7 Å². The van der Waals surface area contributed by atoms with Crippen LogP contribution >= 0.6 is 0 Å². The molecule has 0 bridgehead atoms. The van der Waals surface area contributed by atoms with Gasteiger partial charge in [0.25, 0.3) is 5.91 Å². The molecule has 2 rings (SSSR count). The summed E-state index contributed by atoms with van der Waals surface area (Å²) >= 11 is 0. The predicted molar refractivity (Wildman–Crippen MR) is 95.9 cm³/mol. The molecule has 25 heavy (non-hydrogen) atoms. The summed E-state index contributed by atoms with van der Waals surface area (Å²) in [5, 5.41) is 5.83. The number of hydrogen-bond donors (Lipinski definition) is 2. The number of rotatable bonds is 3. The lowest BCUT2D eigenvalue weighted by Crippen LogP contribution is -2.53. The fraction of sp³-hybridized carbons (Fsp3) is 0.579. The summed E-state index contributed by atoms with van der Waals surface area (Å²) < 4.78 is 13.9. The van der Waals surface area contributed by atoms with Crippen LogP contribution in [0.5, 0.6) is 0 Å². The van der Waals surface area contributed by atoms with Crippen molar-refractivity contribution >= 4 is 11.9 Å². The van der Waals surface area contributed by atoms with E-state index in [0.717, 1.165) is 12.8 Å². The molecule has 0 aliphatic carbocycles. The maximum absolute atomic E-state index is 13.9. The van der Waals surface area contributed by atoms with Crippen molar-refractivity contribution in [1.29, 1.82) is 0 Å². The topological polar surface area (TPSA) is 61.4 Å². The van der Waals surface area contributed by atoms with E-state index >= 15 is 0 Å². The summed E-state index contributed by atoms with van der Waals surface area (Å²) in [7, 11) is 0. The van der Waals surface area contributed by atoms with Crippen molar-refractivity contribution in [3.05, 3.63) is 35.6 Å². The Hall–Kier alpha value is -2.11. The number of benzene rings is 1. The van der Waals surface area contributed by atoms with E-state index in [9.17, 15) is 14.0 Å². The van der Waals surface area contributed by atoms with Gasteiger partial charge in [0.2, 0.25) is 0 Å². The Morgan fingerprint density at radius 3 is 2.60 bits per heavy atom. The zero-order chi connectivity index (χ0) is 18.6. The molecule has 1 fully saturated rings. The molecule has 1 saturated heterocycles. The van der Waals surface area contributed by atoms with Crippen molar-refractivity contribution in [1.82, 2.24) is 15.5 Å². The molecular weight excluding hydrogens is 321 g/mol. The monoisotopic (exact) mass is 349 g/mol. The molecular formula is C19H28FN3O2. The van der Waals surface area contributed by atoms with Crippen molar-refractivity contribution in [2.24, 2.45) is 5.92 Å². The first-order valence-electron chi connectivity index (χ1n) is 8.80. The number of nitrogens with zero attached hydrogens (tertiary/aromatic N) is 1. The molecule has 0 aromatic heterocycles.